The van der Waals surface area contributed by atoms with Gasteiger partial charge >= 0.3 is 5.97 Å². The Morgan fingerprint density at radius 1 is 0.918 bits per heavy atom. The number of hydrazine groups is 1. The molecule has 6 bridgehead atoms. The number of hydrogen-bond acceptors (Lipinski definition) is 9. The smallest absolute Gasteiger partial charge is 0.324 e. The molecule has 3 aromatic carbocycles. The lowest BCUT2D eigenvalue weighted by Gasteiger charge is -2.37. The molecule has 3 amide bonds. The van der Waals surface area contributed by atoms with Crippen molar-refractivity contribution < 1.29 is 33.4 Å². The molecular weight excluding hydrogens is 1040 g/mol. The van der Waals surface area contributed by atoms with Crippen LogP contribution in [0.1, 0.15) is 95.2 Å². The second-order valence-electron chi connectivity index (χ2n) is 19.6. The van der Waals surface area contributed by atoms with Crippen LogP contribution in [-0.2, 0) is 52.8 Å². The van der Waals surface area contributed by atoms with E-state index in [1.807, 2.05) is 69.3 Å². The lowest BCUT2D eigenvalue weighted by molar-refractivity contribution is -0.155. The van der Waals surface area contributed by atoms with Gasteiger partial charge in [0.05, 0.1) is 24.1 Å². The number of carbonyl (C=O) groups is 4. The zero-order chi connectivity index (χ0) is 47.6. The first-order valence-corrected chi connectivity index (χ1v) is 23.9. The summed E-state index contributed by atoms with van der Waals surface area (Å²) >= 11 is 0. The maximum Gasteiger partial charge on any atom is 0.324 e. The standard InChI is InChI=1S/C54H66N6O7.6H2S/c1-9-59-45-23-22-38-30-41(45)42(48(59)40-20-14-25-55-46(40)34(4)65-8)31-54(5,6)32-67-53(64)43-21-15-26-60(57-43)51(62)44(29-35-16-13-19-37(38)28-35)56-50(61)47(33(2)3)58(7)52(63)49-39(24-27-66-49)36-17-11-10-12-18-36;;;;;;/h10-14,16-20,22-23,25,28,30,33-34,39,43-44,47,49,57H,9,15,21,24,26-27,29,31-32H2,1-8H3,(H,56,61);6*1H2/t34-,39-,43-,44-,47-,49-;;;;;;/m0....../s1. The Morgan fingerprint density at radius 3 is 2.32 bits per heavy atom. The van der Waals surface area contributed by atoms with Crippen LogP contribution >= 0.6 is 81.0 Å². The summed E-state index contributed by atoms with van der Waals surface area (Å²) in [4.78, 5) is 64.0. The van der Waals surface area contributed by atoms with Crippen molar-refractivity contribution in [3.8, 4) is 22.4 Å². The van der Waals surface area contributed by atoms with Crippen LogP contribution in [-0.4, -0.2) is 101 Å². The Labute approximate surface area is 473 Å². The molecule has 19 heteroatoms. The van der Waals surface area contributed by atoms with Gasteiger partial charge in [0.25, 0.3) is 11.8 Å². The number of fused-ring (bicyclic) bond motifs is 6. The topological polar surface area (TPSA) is 144 Å². The monoisotopic (exact) mass is 1110 g/mol. The molecule has 5 aromatic rings. The number of nitrogens with one attached hydrogen (secondary N) is 2. The minimum Gasteiger partial charge on any atom is -0.464 e. The fourth-order valence-corrected chi connectivity index (χ4v) is 10.4. The van der Waals surface area contributed by atoms with E-state index < -0.39 is 41.5 Å². The number of carbonyl (C=O) groups excluding carboxylic acids is 4. The molecule has 0 unspecified atom stereocenters. The van der Waals surface area contributed by atoms with Crippen LogP contribution in [0.2, 0.25) is 0 Å². The third-order valence-electron chi connectivity index (χ3n) is 13.9. The van der Waals surface area contributed by atoms with Crippen LogP contribution in [0.5, 0.6) is 0 Å². The Balaban J connectivity index is 0.00000304. The van der Waals surface area contributed by atoms with E-state index in [0.29, 0.717) is 45.4 Å². The summed E-state index contributed by atoms with van der Waals surface area (Å²) in [5.74, 6) is -1.98. The third kappa shape index (κ3) is 14.2. The first-order valence-electron chi connectivity index (χ1n) is 23.9. The summed E-state index contributed by atoms with van der Waals surface area (Å²) in [6.45, 7) is 13.8. The van der Waals surface area contributed by atoms with E-state index >= 15 is 0 Å². The van der Waals surface area contributed by atoms with Crippen molar-refractivity contribution in [3.05, 3.63) is 114 Å². The molecule has 6 atom stereocenters. The molecule has 3 aliphatic heterocycles. The van der Waals surface area contributed by atoms with Gasteiger partial charge < -0.3 is 29.0 Å². The van der Waals surface area contributed by atoms with Crippen LogP contribution < -0.4 is 10.7 Å². The fourth-order valence-electron chi connectivity index (χ4n) is 10.4. The minimum absolute atomic E-state index is 0. The average molecular weight is 1120 g/mol. The van der Waals surface area contributed by atoms with Gasteiger partial charge in [-0.3, -0.25) is 29.2 Å². The van der Waals surface area contributed by atoms with Gasteiger partial charge in [0.1, 0.15) is 24.2 Å². The number of cyclic esters (lactones) is 1. The lowest BCUT2D eigenvalue weighted by atomic mass is 9.84. The Kier molecular flexibility index (Phi) is 25.4. The maximum atomic E-state index is 14.8. The predicted octanol–water partition coefficient (Wildman–Crippen LogP) is 8.48. The Hall–Kier alpha value is -3.79. The molecule has 13 nitrogen and oxygen atoms in total. The average Bonchev–Trinajstić information content (AvgIpc) is 3.95. The van der Waals surface area contributed by atoms with Gasteiger partial charge in [-0.1, -0.05) is 88.4 Å². The minimum atomic E-state index is -1.04. The Bertz CT molecular complexity index is 2640. The lowest BCUT2D eigenvalue weighted by Crippen LogP contribution is -2.62. The number of esters is 1. The van der Waals surface area contributed by atoms with Crippen molar-refractivity contribution in [1.29, 1.82) is 0 Å². The first-order chi connectivity index (χ1) is 32.2. The number of amides is 3. The molecule has 0 radical (unpaired) electrons. The molecule has 2 N–H and O–H groups in total. The number of ether oxygens (including phenoxy) is 3. The van der Waals surface area contributed by atoms with Gasteiger partial charge in [0.15, 0.2) is 0 Å². The predicted molar refractivity (Wildman–Crippen MR) is 321 cm³/mol. The van der Waals surface area contributed by atoms with E-state index in [4.69, 9.17) is 19.2 Å². The first kappa shape index (κ1) is 65.3. The molecule has 73 heavy (non-hydrogen) atoms. The molecule has 3 aliphatic rings. The third-order valence-corrected chi connectivity index (χ3v) is 13.9. The van der Waals surface area contributed by atoms with E-state index in [1.54, 1.807) is 20.4 Å². The van der Waals surface area contributed by atoms with Gasteiger partial charge in [-0.25, -0.2) is 5.43 Å². The number of pyridine rings is 1. The quantitative estimate of drug-likeness (QED) is 0.132. The van der Waals surface area contributed by atoms with Crippen LogP contribution in [0.3, 0.4) is 0 Å². The summed E-state index contributed by atoms with van der Waals surface area (Å²) in [7, 11) is 3.34. The van der Waals surface area contributed by atoms with Crippen LogP contribution in [0.4, 0.5) is 0 Å². The number of benzene rings is 3. The van der Waals surface area contributed by atoms with Gasteiger partial charge in [-0.05, 0) is 97.5 Å². The molecule has 0 saturated carbocycles. The number of likely N-dealkylation sites (N-methyl/N-ethyl adjacent to an activating group) is 1. The van der Waals surface area contributed by atoms with Gasteiger partial charge in [-0.15, -0.1) is 0 Å². The number of aromatic nitrogens is 2. The molecule has 2 saturated heterocycles. The van der Waals surface area contributed by atoms with Crippen molar-refractivity contribution in [2.45, 2.75) is 116 Å². The Morgan fingerprint density at radius 2 is 1.63 bits per heavy atom. The van der Waals surface area contributed by atoms with Crippen LogP contribution in [0.25, 0.3) is 33.3 Å². The molecule has 402 valence electrons. The summed E-state index contributed by atoms with van der Waals surface area (Å²) in [5.41, 5.74) is 11.6. The second-order valence-corrected chi connectivity index (χ2v) is 19.6. The van der Waals surface area contributed by atoms with Gasteiger partial charge in [0.2, 0.25) is 5.91 Å². The van der Waals surface area contributed by atoms with Crippen LogP contribution in [0.15, 0.2) is 91.1 Å². The van der Waals surface area contributed by atoms with Crippen molar-refractivity contribution in [2.75, 3.05) is 33.9 Å². The van der Waals surface area contributed by atoms with E-state index in [2.05, 4.69) is 72.5 Å². The van der Waals surface area contributed by atoms with Crippen molar-refractivity contribution in [1.82, 2.24) is 30.2 Å². The number of hydrogen-bond donors (Lipinski definition) is 2. The van der Waals surface area contributed by atoms with E-state index in [1.165, 1.54) is 9.91 Å². The SMILES string of the molecule is CCn1c(-c2cccnc2[C@H](C)OC)c2c3cc(ccc31)-c1cccc(c1)C[C@H](NC(=O)[C@H](C(C)C)N(C)C(=O)[C@H]1OCC[C@H]1c1ccccc1)C(=O)N1CCC[C@H](N1)C(=O)OCC(C)(C)C2.S.S.S.S.S.S. The largest absolute Gasteiger partial charge is 0.464 e. The number of nitrogens with zero attached hydrogens (tertiary/aromatic N) is 4. The van der Waals surface area contributed by atoms with Gasteiger partial charge in [0, 0.05) is 74.3 Å². The van der Waals surface area contributed by atoms with Crippen molar-refractivity contribution >= 4 is 116 Å². The molecule has 5 heterocycles. The normalized spacial score (nSPS) is 20.2. The highest BCUT2D eigenvalue weighted by molar-refractivity contribution is 7.60. The summed E-state index contributed by atoms with van der Waals surface area (Å²) in [6.07, 6.45) is 3.31. The molecular formula is C54H78N6O7S6. The number of aryl methyl sites for hydroxylation is 1. The van der Waals surface area contributed by atoms with E-state index in [9.17, 15) is 19.2 Å². The highest BCUT2D eigenvalue weighted by atomic mass is 32.1. The van der Waals surface area contributed by atoms with Crippen molar-refractivity contribution in [3.63, 3.8) is 0 Å². The molecule has 2 aromatic heterocycles. The second kappa shape index (κ2) is 28.4. The highest BCUT2D eigenvalue weighted by Crippen LogP contribution is 2.42. The van der Waals surface area contributed by atoms with E-state index in [-0.39, 0.29) is 124 Å². The van der Waals surface area contributed by atoms with Crippen LogP contribution in [0, 0.1) is 11.3 Å². The fraction of sp³-hybridized carbons (Fsp3) is 0.463. The molecule has 2 fully saturated rings. The van der Waals surface area contributed by atoms with Crippen molar-refractivity contribution in [2.24, 2.45) is 11.3 Å². The molecule has 0 spiro atoms. The number of methoxy groups -OCH3 is 1. The molecule has 8 rings (SSSR count). The summed E-state index contributed by atoms with van der Waals surface area (Å²) in [5, 5.41) is 5.65. The zero-order valence-electron chi connectivity index (χ0n) is 43.2. The highest BCUT2D eigenvalue weighted by Gasteiger charge is 2.42. The van der Waals surface area contributed by atoms with E-state index in [0.717, 1.165) is 55.7 Å². The van der Waals surface area contributed by atoms with Gasteiger partial charge in [-0.2, -0.15) is 81.0 Å². The molecule has 0 aliphatic carbocycles. The summed E-state index contributed by atoms with van der Waals surface area (Å²) in [6, 6.07) is 25.9. The zero-order valence-corrected chi connectivity index (χ0v) is 49.2. The number of rotatable bonds is 10. The summed E-state index contributed by atoms with van der Waals surface area (Å²) < 4.78 is 20.4. The maximum absolute atomic E-state index is 14.8.